The number of nitrogens with one attached hydrogen (secondary N) is 1. The Kier molecular flexibility index (Phi) is 3.68. The predicted octanol–water partition coefficient (Wildman–Crippen LogP) is 2.10. The second-order valence-corrected chi connectivity index (χ2v) is 5.98. The fraction of sp³-hybridized carbons (Fsp3) is 0.353. The summed E-state index contributed by atoms with van der Waals surface area (Å²) in [5.74, 6) is 0.642. The maximum Gasteiger partial charge on any atom is 0.317 e. The smallest absolute Gasteiger partial charge is 0.317 e. The fourth-order valence-corrected chi connectivity index (χ4v) is 3.00. The highest BCUT2D eigenvalue weighted by Crippen LogP contribution is 2.15. The molecule has 0 saturated heterocycles. The lowest BCUT2D eigenvalue weighted by Gasteiger charge is -2.27. The molecule has 0 bridgehead atoms. The van der Waals surface area contributed by atoms with E-state index in [1.165, 1.54) is 0 Å². The second kappa shape index (κ2) is 5.99. The molecule has 0 aliphatic carbocycles. The first-order valence-corrected chi connectivity index (χ1v) is 8.09. The van der Waals surface area contributed by atoms with Crippen molar-refractivity contribution in [3.05, 3.63) is 47.6 Å². The molecule has 1 aliphatic heterocycles. The fourth-order valence-electron chi connectivity index (χ4n) is 3.00. The first-order chi connectivity index (χ1) is 11.7. The van der Waals surface area contributed by atoms with Crippen molar-refractivity contribution in [2.75, 3.05) is 13.1 Å². The van der Waals surface area contributed by atoms with Crippen molar-refractivity contribution in [1.29, 1.82) is 0 Å². The molecule has 3 aromatic rings. The van der Waals surface area contributed by atoms with Crippen LogP contribution in [0, 0.1) is 6.92 Å². The van der Waals surface area contributed by atoms with Crippen molar-refractivity contribution >= 4 is 17.1 Å². The summed E-state index contributed by atoms with van der Waals surface area (Å²) in [7, 11) is 0. The summed E-state index contributed by atoms with van der Waals surface area (Å²) in [6.45, 7) is 4.47. The molecular formula is C17H19N5O2. The molecule has 0 radical (unpaired) electrons. The van der Waals surface area contributed by atoms with Gasteiger partial charge in [0.15, 0.2) is 11.5 Å². The minimum Gasteiger partial charge on any atom is -0.441 e. The van der Waals surface area contributed by atoms with Crippen LogP contribution in [-0.2, 0) is 19.5 Å². The van der Waals surface area contributed by atoms with E-state index in [1.807, 2.05) is 46.8 Å². The number of hydrogen-bond acceptors (Lipinski definition) is 4. The lowest BCUT2D eigenvalue weighted by Crippen LogP contribution is -2.44. The van der Waals surface area contributed by atoms with E-state index in [-0.39, 0.29) is 6.03 Å². The van der Waals surface area contributed by atoms with Gasteiger partial charge in [0, 0.05) is 19.5 Å². The van der Waals surface area contributed by atoms with Gasteiger partial charge >= 0.3 is 6.03 Å². The van der Waals surface area contributed by atoms with Crippen LogP contribution in [0.25, 0.3) is 11.1 Å². The van der Waals surface area contributed by atoms with Gasteiger partial charge in [-0.2, -0.15) is 5.10 Å². The van der Waals surface area contributed by atoms with Crippen molar-refractivity contribution in [3.8, 4) is 0 Å². The van der Waals surface area contributed by atoms with Crippen LogP contribution >= 0.6 is 0 Å². The van der Waals surface area contributed by atoms with E-state index in [9.17, 15) is 4.79 Å². The predicted molar refractivity (Wildman–Crippen MR) is 88.5 cm³/mol. The number of carbonyl (C=O) groups excluding carboxylic acids is 1. The molecule has 7 nitrogen and oxygen atoms in total. The molecular weight excluding hydrogens is 306 g/mol. The number of fused-ring (bicyclic) bond motifs is 2. The van der Waals surface area contributed by atoms with Crippen LogP contribution < -0.4 is 5.32 Å². The van der Waals surface area contributed by atoms with E-state index >= 15 is 0 Å². The third kappa shape index (κ3) is 2.84. The van der Waals surface area contributed by atoms with Crippen LogP contribution in [0.3, 0.4) is 0 Å². The standard InChI is InChI=1S/C17H19N5O2/c1-12-10-13-11-21(8-9-22(13)20-12)17(23)18-7-6-16-19-14-4-2-3-5-15(14)24-16/h2-5,10H,6-9,11H2,1H3,(H,18,23). The number of aromatic nitrogens is 3. The van der Waals surface area contributed by atoms with Gasteiger partial charge < -0.3 is 14.6 Å². The number of carbonyl (C=O) groups is 1. The largest absolute Gasteiger partial charge is 0.441 e. The third-order valence-corrected chi connectivity index (χ3v) is 4.16. The van der Waals surface area contributed by atoms with Crippen molar-refractivity contribution in [2.24, 2.45) is 0 Å². The number of aryl methyl sites for hydroxylation is 1. The molecule has 2 aromatic heterocycles. The van der Waals surface area contributed by atoms with E-state index < -0.39 is 0 Å². The lowest BCUT2D eigenvalue weighted by atomic mass is 10.3. The molecule has 2 amide bonds. The number of rotatable bonds is 3. The monoisotopic (exact) mass is 325 g/mol. The van der Waals surface area contributed by atoms with Crippen LogP contribution in [0.15, 0.2) is 34.7 Å². The van der Waals surface area contributed by atoms with E-state index in [1.54, 1.807) is 0 Å². The zero-order valence-electron chi connectivity index (χ0n) is 13.5. The van der Waals surface area contributed by atoms with Crippen molar-refractivity contribution in [1.82, 2.24) is 25.0 Å². The summed E-state index contributed by atoms with van der Waals surface area (Å²) < 4.78 is 7.63. The SMILES string of the molecule is Cc1cc2n(n1)CCN(C(=O)NCCc1nc3ccccc3o1)C2. The highest BCUT2D eigenvalue weighted by molar-refractivity contribution is 5.74. The van der Waals surface area contributed by atoms with E-state index in [4.69, 9.17) is 4.42 Å². The molecule has 4 rings (SSSR count). The molecule has 1 N–H and O–H groups in total. The van der Waals surface area contributed by atoms with E-state index in [2.05, 4.69) is 15.4 Å². The average molecular weight is 325 g/mol. The molecule has 0 unspecified atom stereocenters. The maximum atomic E-state index is 12.3. The molecule has 124 valence electrons. The topological polar surface area (TPSA) is 76.2 Å². The van der Waals surface area contributed by atoms with Gasteiger partial charge in [-0.1, -0.05) is 12.1 Å². The summed E-state index contributed by atoms with van der Waals surface area (Å²) in [4.78, 5) is 18.5. The van der Waals surface area contributed by atoms with Crippen molar-refractivity contribution in [3.63, 3.8) is 0 Å². The van der Waals surface area contributed by atoms with Crippen molar-refractivity contribution in [2.45, 2.75) is 26.4 Å². The molecule has 24 heavy (non-hydrogen) atoms. The Morgan fingerprint density at radius 3 is 3.08 bits per heavy atom. The third-order valence-electron chi connectivity index (χ3n) is 4.16. The van der Waals surface area contributed by atoms with Gasteiger partial charge in [0.25, 0.3) is 0 Å². The molecule has 0 saturated carbocycles. The quantitative estimate of drug-likeness (QED) is 0.800. The second-order valence-electron chi connectivity index (χ2n) is 5.98. The van der Waals surface area contributed by atoms with Gasteiger partial charge in [0.2, 0.25) is 0 Å². The van der Waals surface area contributed by atoms with Gasteiger partial charge in [-0.05, 0) is 25.1 Å². The molecule has 7 heteroatoms. The van der Waals surface area contributed by atoms with Gasteiger partial charge in [-0.3, -0.25) is 4.68 Å². The number of amides is 2. The summed E-state index contributed by atoms with van der Waals surface area (Å²) in [6, 6.07) is 9.62. The van der Waals surface area contributed by atoms with E-state index in [0.717, 1.165) is 29.0 Å². The number of urea groups is 1. The van der Waals surface area contributed by atoms with Gasteiger partial charge in [0.1, 0.15) is 5.52 Å². The van der Waals surface area contributed by atoms with Crippen molar-refractivity contribution < 1.29 is 9.21 Å². The Balaban J connectivity index is 1.32. The highest BCUT2D eigenvalue weighted by Gasteiger charge is 2.21. The Hall–Kier alpha value is -2.83. The molecule has 0 atom stereocenters. The maximum absolute atomic E-state index is 12.3. The molecule has 0 fully saturated rings. The Morgan fingerprint density at radius 1 is 1.33 bits per heavy atom. The summed E-state index contributed by atoms with van der Waals surface area (Å²) in [5, 5.41) is 7.35. The van der Waals surface area contributed by atoms with E-state index in [0.29, 0.717) is 31.9 Å². The average Bonchev–Trinajstić information content (AvgIpc) is 3.15. The lowest BCUT2D eigenvalue weighted by molar-refractivity contribution is 0.181. The van der Waals surface area contributed by atoms with Gasteiger partial charge in [-0.15, -0.1) is 0 Å². The van der Waals surface area contributed by atoms with Gasteiger partial charge in [0.05, 0.1) is 24.5 Å². The van der Waals surface area contributed by atoms with Crippen LogP contribution in [0.2, 0.25) is 0 Å². The number of benzene rings is 1. The van der Waals surface area contributed by atoms with Crippen LogP contribution in [-0.4, -0.2) is 38.8 Å². The Morgan fingerprint density at radius 2 is 2.21 bits per heavy atom. The van der Waals surface area contributed by atoms with Gasteiger partial charge in [-0.25, -0.2) is 9.78 Å². The Bertz CT molecular complexity index is 849. The number of nitrogens with zero attached hydrogens (tertiary/aromatic N) is 4. The molecule has 3 heterocycles. The summed E-state index contributed by atoms with van der Waals surface area (Å²) in [5.41, 5.74) is 3.69. The summed E-state index contributed by atoms with van der Waals surface area (Å²) >= 11 is 0. The summed E-state index contributed by atoms with van der Waals surface area (Å²) in [6.07, 6.45) is 0.575. The number of oxazole rings is 1. The Labute approximate surface area is 139 Å². The van der Waals surface area contributed by atoms with Crippen LogP contribution in [0.1, 0.15) is 17.3 Å². The van der Waals surface area contributed by atoms with Crippen LogP contribution in [0.5, 0.6) is 0 Å². The first-order valence-electron chi connectivity index (χ1n) is 8.09. The number of hydrogen-bond donors (Lipinski definition) is 1. The normalized spacial score (nSPS) is 14.0. The molecule has 1 aromatic carbocycles. The zero-order valence-corrected chi connectivity index (χ0v) is 13.5. The minimum atomic E-state index is -0.0591. The minimum absolute atomic E-state index is 0.0591. The molecule has 1 aliphatic rings. The highest BCUT2D eigenvalue weighted by atomic mass is 16.3. The van der Waals surface area contributed by atoms with Crippen LogP contribution in [0.4, 0.5) is 4.79 Å². The number of para-hydroxylation sites is 2. The molecule has 0 spiro atoms. The first kappa shape index (κ1) is 14.7. The zero-order chi connectivity index (χ0) is 16.5.